The van der Waals surface area contributed by atoms with Crippen LogP contribution >= 0.6 is 11.6 Å². The Kier molecular flexibility index (Phi) is 10.4. The van der Waals surface area contributed by atoms with E-state index in [0.717, 1.165) is 22.9 Å². The maximum atomic E-state index is 12.8. The van der Waals surface area contributed by atoms with Crippen molar-refractivity contribution in [2.75, 3.05) is 45.7 Å². The van der Waals surface area contributed by atoms with Gasteiger partial charge in [-0.1, -0.05) is 54.1 Å². The van der Waals surface area contributed by atoms with Crippen LogP contribution in [0.3, 0.4) is 0 Å². The Morgan fingerprint density at radius 3 is 2.47 bits per heavy atom. The number of amides is 2. The molecule has 1 radical (unpaired) electrons. The average molecular weight is 513 g/mol. The number of carbonyl (C=O) groups excluding carboxylic acids is 2. The summed E-state index contributed by atoms with van der Waals surface area (Å²) in [6, 6.07) is 16.7. The van der Waals surface area contributed by atoms with Gasteiger partial charge in [0.15, 0.2) is 6.23 Å². The Morgan fingerprint density at radius 2 is 1.75 bits per heavy atom. The van der Waals surface area contributed by atoms with Crippen molar-refractivity contribution in [1.29, 1.82) is 0 Å². The largest absolute Gasteiger partial charge is 0.429 e. The molecule has 3 rings (SSSR count). The topological polar surface area (TPSA) is 108 Å². The zero-order valence-corrected chi connectivity index (χ0v) is 21.2. The highest BCUT2D eigenvalue weighted by molar-refractivity contribution is 6.31. The van der Waals surface area contributed by atoms with Gasteiger partial charge in [0.2, 0.25) is 5.91 Å². The Bertz CT molecular complexity index is 1160. The molecule has 0 spiro atoms. The lowest BCUT2D eigenvalue weighted by molar-refractivity contribution is -0.124. The number of rotatable bonds is 13. The number of hydrogen-bond acceptors (Lipinski definition) is 7. The molecule has 0 saturated heterocycles. The normalized spacial score (nSPS) is 12.1. The monoisotopic (exact) mass is 512 g/mol. The van der Waals surface area contributed by atoms with Crippen LogP contribution in [0.4, 0.5) is 10.6 Å². The van der Waals surface area contributed by atoms with Crippen LogP contribution in [-0.2, 0) is 20.8 Å². The number of halogens is 1. The molecule has 0 aliphatic carbocycles. The fourth-order valence-corrected chi connectivity index (χ4v) is 3.71. The second-order valence-corrected chi connectivity index (χ2v) is 8.91. The quantitative estimate of drug-likeness (QED) is 0.272. The fourth-order valence-electron chi connectivity index (χ4n) is 3.51. The summed E-state index contributed by atoms with van der Waals surface area (Å²) in [5.74, 6) is -0.534. The zero-order chi connectivity index (χ0) is 25.9. The van der Waals surface area contributed by atoms with E-state index in [-0.39, 0.29) is 6.42 Å². The number of pyridine rings is 1. The molecule has 1 aromatic heterocycles. The molecule has 36 heavy (non-hydrogen) atoms. The van der Waals surface area contributed by atoms with Crippen LogP contribution < -0.4 is 11.1 Å². The van der Waals surface area contributed by atoms with Crippen LogP contribution in [0, 0.1) is 0 Å². The van der Waals surface area contributed by atoms with E-state index in [1.54, 1.807) is 23.2 Å². The predicted octanol–water partition coefficient (Wildman–Crippen LogP) is 4.04. The van der Waals surface area contributed by atoms with E-state index in [9.17, 15) is 9.59 Å². The number of likely N-dealkylation sites (N-methyl/N-ethyl adjacent to an activating group) is 1. The molecular weight excluding hydrogens is 482 g/mol. The molecule has 2 aromatic carbocycles. The van der Waals surface area contributed by atoms with Gasteiger partial charge in [-0.2, -0.15) is 0 Å². The van der Waals surface area contributed by atoms with Gasteiger partial charge in [-0.25, -0.2) is 9.78 Å². The molecule has 0 saturated carbocycles. The van der Waals surface area contributed by atoms with Gasteiger partial charge in [0.05, 0.1) is 19.6 Å². The molecule has 1 atom stereocenters. The van der Waals surface area contributed by atoms with Crippen molar-refractivity contribution < 1.29 is 19.1 Å². The Morgan fingerprint density at radius 1 is 1.06 bits per heavy atom. The number of anilines is 1. The maximum Gasteiger partial charge on any atom is 0.414 e. The lowest BCUT2D eigenvalue weighted by Gasteiger charge is -2.30. The van der Waals surface area contributed by atoms with E-state index >= 15 is 0 Å². The molecule has 1 unspecified atom stereocenters. The lowest BCUT2D eigenvalue weighted by Crippen LogP contribution is -2.43. The van der Waals surface area contributed by atoms with Crippen LogP contribution in [-0.4, -0.2) is 73.4 Å². The summed E-state index contributed by atoms with van der Waals surface area (Å²) in [6.45, 7) is 2.30. The van der Waals surface area contributed by atoms with Crippen LogP contribution in [0.1, 0.15) is 12.0 Å². The van der Waals surface area contributed by atoms with E-state index in [1.807, 2.05) is 61.5 Å². The third-order valence-electron chi connectivity index (χ3n) is 5.41. The first-order valence-corrected chi connectivity index (χ1v) is 12.0. The molecule has 9 nitrogen and oxygen atoms in total. The minimum atomic E-state index is -0.996. The predicted molar refractivity (Wildman–Crippen MR) is 140 cm³/mol. The number of carbonyl (C=O) groups is 2. The minimum Gasteiger partial charge on any atom is -0.429 e. The average Bonchev–Trinajstić information content (AvgIpc) is 2.83. The molecular formula is C26H31ClN5O4. The molecule has 191 valence electrons. The highest BCUT2D eigenvalue weighted by Crippen LogP contribution is 2.21. The van der Waals surface area contributed by atoms with Gasteiger partial charge in [0.1, 0.15) is 5.82 Å². The summed E-state index contributed by atoms with van der Waals surface area (Å²) in [6.07, 6.45) is -0.420. The molecule has 1 heterocycles. The van der Waals surface area contributed by atoms with Crippen molar-refractivity contribution in [2.45, 2.75) is 19.2 Å². The third kappa shape index (κ3) is 8.76. The molecule has 2 N–H and O–H groups in total. The molecule has 2 amide bonds. The third-order valence-corrected chi connectivity index (χ3v) is 5.78. The highest BCUT2D eigenvalue weighted by Gasteiger charge is 2.26. The van der Waals surface area contributed by atoms with E-state index < -0.39 is 18.2 Å². The summed E-state index contributed by atoms with van der Waals surface area (Å²) in [5.41, 5.74) is 8.32. The molecule has 0 aliphatic rings. The Labute approximate surface area is 216 Å². The van der Waals surface area contributed by atoms with Crippen LogP contribution in [0.5, 0.6) is 0 Å². The molecule has 10 heteroatoms. The standard InChI is InChI=1S/C26H31ClN5O4/c1-31(2)11-13-35-14-12-32(18-21-9-5-6-10-22(21)27)25(16-23(28)33)36-26(34)30-24-15-19-7-3-4-8-20(19)17-29-24/h3-10,15,17,25,28H,11-14,16,18H2,1-2H3,(H,29,30,34). The number of nitrogens with one attached hydrogen (secondary N) is 2. The lowest BCUT2D eigenvalue weighted by atomic mass is 10.2. The first-order valence-electron chi connectivity index (χ1n) is 11.6. The molecule has 3 aromatic rings. The van der Waals surface area contributed by atoms with Gasteiger partial charge < -0.3 is 14.4 Å². The van der Waals surface area contributed by atoms with Crippen LogP contribution in [0.15, 0.2) is 60.8 Å². The molecule has 0 aliphatic heterocycles. The second kappa shape index (κ2) is 13.7. The summed E-state index contributed by atoms with van der Waals surface area (Å²) in [5, 5.41) is 5.03. The van der Waals surface area contributed by atoms with Gasteiger partial charge in [0.25, 0.3) is 0 Å². The van der Waals surface area contributed by atoms with Crippen LogP contribution in [0.25, 0.3) is 10.8 Å². The van der Waals surface area contributed by atoms with Crippen LogP contribution in [0.2, 0.25) is 5.02 Å². The number of fused-ring (bicyclic) bond motifs is 1. The van der Waals surface area contributed by atoms with Gasteiger partial charge >= 0.3 is 6.09 Å². The van der Waals surface area contributed by atoms with E-state index in [0.29, 0.717) is 37.1 Å². The van der Waals surface area contributed by atoms with Gasteiger partial charge in [-0.15, -0.1) is 0 Å². The van der Waals surface area contributed by atoms with Crippen molar-refractivity contribution in [3.8, 4) is 0 Å². The van der Waals surface area contributed by atoms with E-state index in [1.165, 1.54) is 0 Å². The fraction of sp³-hybridized carbons (Fsp3) is 0.346. The number of nitrogens with zero attached hydrogens (tertiary/aromatic N) is 3. The van der Waals surface area contributed by atoms with Crippen molar-refractivity contribution in [1.82, 2.24) is 20.5 Å². The molecule has 0 bridgehead atoms. The van der Waals surface area contributed by atoms with E-state index in [2.05, 4.69) is 10.3 Å². The Balaban J connectivity index is 1.73. The van der Waals surface area contributed by atoms with Crippen molar-refractivity contribution in [3.05, 3.63) is 71.4 Å². The van der Waals surface area contributed by atoms with E-state index in [4.69, 9.17) is 26.8 Å². The summed E-state index contributed by atoms with van der Waals surface area (Å²) in [7, 11) is 3.92. The molecule has 0 fully saturated rings. The van der Waals surface area contributed by atoms with Crippen molar-refractivity contribution in [2.24, 2.45) is 0 Å². The highest BCUT2D eigenvalue weighted by atomic mass is 35.5. The van der Waals surface area contributed by atoms with Gasteiger partial charge in [-0.3, -0.25) is 20.7 Å². The summed E-state index contributed by atoms with van der Waals surface area (Å²) in [4.78, 5) is 32.6. The second-order valence-electron chi connectivity index (χ2n) is 8.51. The van der Waals surface area contributed by atoms with Gasteiger partial charge in [0, 0.05) is 36.2 Å². The first-order chi connectivity index (χ1) is 17.3. The Hall–Kier alpha value is -3.24. The number of hydrogen-bond donors (Lipinski definition) is 1. The number of benzene rings is 2. The smallest absolute Gasteiger partial charge is 0.414 e. The maximum absolute atomic E-state index is 12.8. The summed E-state index contributed by atoms with van der Waals surface area (Å²) >= 11 is 6.36. The summed E-state index contributed by atoms with van der Waals surface area (Å²) < 4.78 is 11.4. The SMILES string of the molecule is CN(C)CCOCCN(Cc1ccccc1Cl)C(CC([NH])=O)OC(=O)Nc1cc2ccccc2cn1. The number of ether oxygens (including phenoxy) is 2. The van der Waals surface area contributed by atoms with Crippen molar-refractivity contribution in [3.63, 3.8) is 0 Å². The number of aromatic nitrogens is 1. The van der Waals surface area contributed by atoms with Crippen molar-refractivity contribution >= 4 is 40.2 Å². The minimum absolute atomic E-state index is 0.302. The zero-order valence-electron chi connectivity index (χ0n) is 20.4. The van der Waals surface area contributed by atoms with Gasteiger partial charge in [-0.05, 0) is 37.2 Å². The first kappa shape index (κ1) is 27.3.